The van der Waals surface area contributed by atoms with Gasteiger partial charge in [-0.25, -0.2) is 4.79 Å². The van der Waals surface area contributed by atoms with Gasteiger partial charge in [-0.2, -0.15) is 0 Å². The second-order valence-corrected chi connectivity index (χ2v) is 3.74. The van der Waals surface area contributed by atoms with Crippen LogP contribution in [0.3, 0.4) is 0 Å². The van der Waals surface area contributed by atoms with Crippen molar-refractivity contribution in [2.75, 3.05) is 10.6 Å². The first-order valence-electron chi connectivity index (χ1n) is 5.54. The van der Waals surface area contributed by atoms with Gasteiger partial charge in [-0.3, -0.25) is 4.98 Å². The molecule has 0 spiro atoms. The number of nitrogens with zero attached hydrogens (tertiary/aromatic N) is 1. The van der Waals surface area contributed by atoms with Crippen molar-refractivity contribution in [2.24, 2.45) is 5.73 Å². The predicted molar refractivity (Wildman–Crippen MR) is 71.2 cm³/mol. The number of rotatable bonds is 4. The maximum atomic E-state index is 10.7. The van der Waals surface area contributed by atoms with Crippen LogP contribution < -0.4 is 16.4 Å². The molecule has 0 saturated carbocycles. The third-order valence-electron chi connectivity index (χ3n) is 2.33. The Morgan fingerprint density at radius 2 is 2.00 bits per heavy atom. The number of benzene rings is 1. The molecule has 18 heavy (non-hydrogen) atoms. The lowest BCUT2D eigenvalue weighted by molar-refractivity contribution is 0.259. The van der Waals surface area contributed by atoms with Gasteiger partial charge >= 0.3 is 6.03 Å². The second kappa shape index (κ2) is 5.67. The van der Waals surface area contributed by atoms with E-state index in [1.807, 2.05) is 36.4 Å². The Hall–Kier alpha value is -2.56. The van der Waals surface area contributed by atoms with E-state index < -0.39 is 6.03 Å². The minimum Gasteiger partial charge on any atom is -0.379 e. The molecule has 0 bridgehead atoms. The van der Waals surface area contributed by atoms with Crippen LogP contribution >= 0.6 is 0 Å². The summed E-state index contributed by atoms with van der Waals surface area (Å²) in [6, 6.07) is 12.5. The number of urea groups is 1. The van der Waals surface area contributed by atoms with Crippen LogP contribution in [0.15, 0.2) is 48.7 Å². The summed E-state index contributed by atoms with van der Waals surface area (Å²) in [7, 11) is 0. The molecule has 0 unspecified atom stereocenters. The summed E-state index contributed by atoms with van der Waals surface area (Å²) in [5.74, 6) is 0. The second-order valence-electron chi connectivity index (χ2n) is 3.74. The molecule has 2 amide bonds. The van der Waals surface area contributed by atoms with Crippen molar-refractivity contribution in [3.8, 4) is 0 Å². The van der Waals surface area contributed by atoms with E-state index in [4.69, 9.17) is 5.73 Å². The molecule has 92 valence electrons. The monoisotopic (exact) mass is 242 g/mol. The summed E-state index contributed by atoms with van der Waals surface area (Å²) in [4.78, 5) is 15.0. The third kappa shape index (κ3) is 3.48. The Balaban J connectivity index is 1.99. The zero-order valence-electron chi connectivity index (χ0n) is 9.76. The van der Waals surface area contributed by atoms with Crippen LogP contribution in [-0.2, 0) is 6.54 Å². The fourth-order valence-corrected chi connectivity index (χ4v) is 1.54. The summed E-state index contributed by atoms with van der Waals surface area (Å²) >= 11 is 0. The first kappa shape index (κ1) is 11.9. The highest BCUT2D eigenvalue weighted by Crippen LogP contribution is 2.15. The molecule has 1 aromatic heterocycles. The minimum absolute atomic E-state index is 0.572. The zero-order valence-corrected chi connectivity index (χ0v) is 9.76. The number of carbonyl (C=O) groups is 1. The number of hydrogen-bond donors (Lipinski definition) is 3. The fourth-order valence-electron chi connectivity index (χ4n) is 1.54. The summed E-state index contributed by atoms with van der Waals surface area (Å²) in [6.07, 6.45) is 1.75. The lowest BCUT2D eigenvalue weighted by Gasteiger charge is -2.08. The molecule has 0 aliphatic carbocycles. The normalized spacial score (nSPS) is 9.78. The Morgan fingerprint density at radius 1 is 1.17 bits per heavy atom. The van der Waals surface area contributed by atoms with E-state index in [-0.39, 0.29) is 0 Å². The van der Waals surface area contributed by atoms with Gasteiger partial charge < -0.3 is 16.4 Å². The average molecular weight is 242 g/mol. The van der Waals surface area contributed by atoms with Gasteiger partial charge in [0.15, 0.2) is 0 Å². The number of anilines is 2. The Morgan fingerprint density at radius 3 is 2.72 bits per heavy atom. The molecule has 0 aliphatic heterocycles. The van der Waals surface area contributed by atoms with Gasteiger partial charge in [0.1, 0.15) is 0 Å². The van der Waals surface area contributed by atoms with Crippen molar-refractivity contribution in [3.05, 3.63) is 54.4 Å². The number of nitrogens with two attached hydrogens (primary N) is 1. The molecule has 5 nitrogen and oxygen atoms in total. The lowest BCUT2D eigenvalue weighted by atomic mass is 10.2. The Bertz CT molecular complexity index is 528. The van der Waals surface area contributed by atoms with Gasteiger partial charge in [0.05, 0.1) is 12.2 Å². The molecular weight excluding hydrogens is 228 g/mol. The quantitative estimate of drug-likeness (QED) is 0.768. The van der Waals surface area contributed by atoms with Crippen molar-refractivity contribution < 1.29 is 4.79 Å². The number of pyridine rings is 1. The van der Waals surface area contributed by atoms with E-state index >= 15 is 0 Å². The van der Waals surface area contributed by atoms with Gasteiger partial charge in [0.25, 0.3) is 0 Å². The lowest BCUT2D eigenvalue weighted by Crippen LogP contribution is -2.19. The van der Waals surface area contributed by atoms with E-state index in [2.05, 4.69) is 15.6 Å². The molecule has 5 heteroatoms. The molecule has 0 aliphatic rings. The SMILES string of the molecule is NC(=O)Nc1cccc(NCc2ccccn2)c1. The van der Waals surface area contributed by atoms with Crippen molar-refractivity contribution in [3.63, 3.8) is 0 Å². The highest BCUT2D eigenvalue weighted by Gasteiger charge is 1.98. The first-order chi connectivity index (χ1) is 8.74. The number of aromatic nitrogens is 1. The largest absolute Gasteiger partial charge is 0.379 e. The highest BCUT2D eigenvalue weighted by atomic mass is 16.2. The number of primary amides is 1. The topological polar surface area (TPSA) is 80.0 Å². The predicted octanol–water partition coefficient (Wildman–Crippen LogP) is 2.18. The Kier molecular flexibility index (Phi) is 3.76. The van der Waals surface area contributed by atoms with Crippen LogP contribution in [0.2, 0.25) is 0 Å². The third-order valence-corrected chi connectivity index (χ3v) is 2.33. The summed E-state index contributed by atoms with van der Waals surface area (Å²) in [6.45, 7) is 0.626. The van der Waals surface area contributed by atoms with Crippen LogP contribution in [0.4, 0.5) is 16.2 Å². The van der Waals surface area contributed by atoms with Gasteiger partial charge in [0, 0.05) is 17.6 Å². The van der Waals surface area contributed by atoms with Crippen LogP contribution in [0.25, 0.3) is 0 Å². The van der Waals surface area contributed by atoms with Gasteiger partial charge in [-0.05, 0) is 30.3 Å². The zero-order chi connectivity index (χ0) is 12.8. The molecule has 0 radical (unpaired) electrons. The molecule has 4 N–H and O–H groups in total. The summed E-state index contributed by atoms with van der Waals surface area (Å²) in [5, 5.41) is 5.75. The Labute approximate surface area is 105 Å². The molecule has 0 atom stereocenters. The molecule has 2 aromatic rings. The molecule has 0 fully saturated rings. The van der Waals surface area contributed by atoms with Crippen molar-refractivity contribution in [2.45, 2.75) is 6.54 Å². The highest BCUT2D eigenvalue weighted by molar-refractivity contribution is 5.88. The number of carbonyl (C=O) groups excluding carboxylic acids is 1. The molecule has 0 saturated heterocycles. The van der Waals surface area contributed by atoms with Crippen LogP contribution in [-0.4, -0.2) is 11.0 Å². The van der Waals surface area contributed by atoms with Crippen LogP contribution in [0, 0.1) is 0 Å². The van der Waals surface area contributed by atoms with Crippen LogP contribution in [0.1, 0.15) is 5.69 Å². The van der Waals surface area contributed by atoms with E-state index in [1.54, 1.807) is 12.3 Å². The van der Waals surface area contributed by atoms with Crippen LogP contribution in [0.5, 0.6) is 0 Å². The van der Waals surface area contributed by atoms with Crippen molar-refractivity contribution in [1.82, 2.24) is 4.98 Å². The standard InChI is InChI=1S/C13H14N4O/c14-13(18)17-11-6-3-5-10(8-11)16-9-12-4-1-2-7-15-12/h1-8,16H,9H2,(H3,14,17,18). The molecule has 2 rings (SSSR count). The van der Waals surface area contributed by atoms with Crippen molar-refractivity contribution in [1.29, 1.82) is 0 Å². The molecule has 1 aromatic carbocycles. The van der Waals surface area contributed by atoms with Gasteiger partial charge in [0.2, 0.25) is 0 Å². The molecule has 1 heterocycles. The number of nitrogens with one attached hydrogen (secondary N) is 2. The maximum absolute atomic E-state index is 10.7. The summed E-state index contributed by atoms with van der Waals surface area (Å²) < 4.78 is 0. The number of amides is 2. The van der Waals surface area contributed by atoms with Crippen molar-refractivity contribution >= 4 is 17.4 Å². The smallest absolute Gasteiger partial charge is 0.316 e. The van der Waals surface area contributed by atoms with Gasteiger partial charge in [-0.15, -0.1) is 0 Å². The van der Waals surface area contributed by atoms with E-state index in [9.17, 15) is 4.79 Å². The maximum Gasteiger partial charge on any atom is 0.316 e. The summed E-state index contributed by atoms with van der Waals surface area (Å²) in [5.41, 5.74) is 7.56. The fraction of sp³-hybridized carbons (Fsp3) is 0.0769. The van der Waals surface area contributed by atoms with E-state index in [0.29, 0.717) is 12.2 Å². The number of hydrogen-bond acceptors (Lipinski definition) is 3. The van der Waals surface area contributed by atoms with Gasteiger partial charge in [-0.1, -0.05) is 12.1 Å². The molecular formula is C13H14N4O. The van der Waals surface area contributed by atoms with E-state index in [1.165, 1.54) is 0 Å². The van der Waals surface area contributed by atoms with E-state index in [0.717, 1.165) is 11.4 Å². The minimum atomic E-state index is -0.572. The average Bonchev–Trinajstić information content (AvgIpc) is 2.37. The first-order valence-corrected chi connectivity index (χ1v) is 5.54.